The van der Waals surface area contributed by atoms with Crippen LogP contribution in [0.1, 0.15) is 18.9 Å². The molecule has 0 aliphatic heterocycles. The van der Waals surface area contributed by atoms with Crippen molar-refractivity contribution in [3.05, 3.63) is 35.6 Å². The molecule has 0 radical (unpaired) electrons. The van der Waals surface area contributed by atoms with Gasteiger partial charge in [-0.25, -0.2) is 4.39 Å². The molecule has 1 aromatic rings. The molecule has 0 aromatic heterocycles. The largest absolute Gasteiger partial charge is 0.353 e. The van der Waals surface area contributed by atoms with Crippen LogP contribution in [0.3, 0.4) is 0 Å². The van der Waals surface area contributed by atoms with Crippen molar-refractivity contribution < 1.29 is 4.39 Å². The smallest absolute Gasteiger partial charge is 0.193 e. The highest BCUT2D eigenvalue weighted by atomic mass is 127. The zero-order valence-corrected chi connectivity index (χ0v) is 13.9. The van der Waals surface area contributed by atoms with Crippen LogP contribution in [0.4, 0.5) is 4.39 Å². The van der Waals surface area contributed by atoms with Crippen LogP contribution in [-0.2, 0) is 6.54 Å². The van der Waals surface area contributed by atoms with Crippen LogP contribution in [0, 0.1) is 11.7 Å². The molecule has 19 heavy (non-hydrogen) atoms. The van der Waals surface area contributed by atoms with Gasteiger partial charge in [0, 0.05) is 26.7 Å². The molecule has 1 N–H and O–H groups in total. The second-order valence-corrected chi connectivity index (χ2v) is 5.00. The van der Waals surface area contributed by atoms with Crippen LogP contribution in [0.15, 0.2) is 29.3 Å². The Bertz CT molecular complexity index is 450. The number of halogens is 2. The number of hydrogen-bond donors (Lipinski definition) is 1. The van der Waals surface area contributed by atoms with Crippen molar-refractivity contribution >= 4 is 29.9 Å². The zero-order chi connectivity index (χ0) is 13.1. The summed E-state index contributed by atoms with van der Waals surface area (Å²) in [6, 6.07) is 7.22. The van der Waals surface area contributed by atoms with Crippen molar-refractivity contribution in [1.82, 2.24) is 10.2 Å². The second-order valence-electron chi connectivity index (χ2n) is 5.00. The average Bonchev–Trinajstić information content (AvgIpc) is 3.02. The van der Waals surface area contributed by atoms with Gasteiger partial charge in [-0.2, -0.15) is 0 Å². The normalized spacial score (nSPS) is 21.6. The van der Waals surface area contributed by atoms with Crippen molar-refractivity contribution in [2.45, 2.75) is 25.9 Å². The van der Waals surface area contributed by atoms with Crippen molar-refractivity contribution in [2.24, 2.45) is 10.9 Å². The van der Waals surface area contributed by atoms with E-state index in [2.05, 4.69) is 17.2 Å². The SMILES string of the molecule is CN=C(NC1CC1C)N(C)Cc1cccc(F)c1.I. The molecular weight excluding hydrogens is 356 g/mol. The molecule has 5 heteroatoms. The highest BCUT2D eigenvalue weighted by Crippen LogP contribution is 2.29. The van der Waals surface area contributed by atoms with E-state index in [4.69, 9.17) is 0 Å². The molecule has 3 nitrogen and oxygen atoms in total. The maximum atomic E-state index is 13.1. The number of rotatable bonds is 3. The summed E-state index contributed by atoms with van der Waals surface area (Å²) in [5.74, 6) is 1.40. The monoisotopic (exact) mass is 377 g/mol. The summed E-state index contributed by atoms with van der Waals surface area (Å²) in [7, 11) is 3.74. The molecule has 0 amide bonds. The van der Waals surface area contributed by atoms with Gasteiger partial charge in [-0.05, 0) is 30.0 Å². The molecule has 1 aliphatic carbocycles. The van der Waals surface area contributed by atoms with Crippen LogP contribution in [0.2, 0.25) is 0 Å². The summed E-state index contributed by atoms with van der Waals surface area (Å²) in [6.45, 7) is 2.87. The molecule has 1 aromatic carbocycles. The minimum atomic E-state index is -0.195. The third kappa shape index (κ3) is 4.63. The lowest BCUT2D eigenvalue weighted by Gasteiger charge is -2.22. The number of benzene rings is 1. The molecule has 106 valence electrons. The Hall–Kier alpha value is -0.850. The van der Waals surface area contributed by atoms with Crippen molar-refractivity contribution in [1.29, 1.82) is 0 Å². The fourth-order valence-corrected chi connectivity index (χ4v) is 2.02. The summed E-state index contributed by atoms with van der Waals surface area (Å²) >= 11 is 0. The van der Waals surface area contributed by atoms with E-state index in [1.807, 2.05) is 18.0 Å². The van der Waals surface area contributed by atoms with E-state index >= 15 is 0 Å². The first-order chi connectivity index (χ1) is 8.60. The third-order valence-corrected chi connectivity index (χ3v) is 3.31. The number of guanidine groups is 1. The first-order valence-electron chi connectivity index (χ1n) is 6.29. The van der Waals surface area contributed by atoms with Crippen LogP contribution < -0.4 is 5.32 Å². The van der Waals surface area contributed by atoms with Gasteiger partial charge >= 0.3 is 0 Å². The molecule has 0 heterocycles. The minimum absolute atomic E-state index is 0. The highest BCUT2D eigenvalue weighted by Gasteiger charge is 2.33. The van der Waals surface area contributed by atoms with Gasteiger partial charge in [0.25, 0.3) is 0 Å². The predicted octanol–water partition coefficient (Wildman–Crippen LogP) is 2.86. The van der Waals surface area contributed by atoms with Crippen LogP contribution in [-0.4, -0.2) is 31.0 Å². The van der Waals surface area contributed by atoms with E-state index < -0.39 is 0 Å². The molecule has 0 bridgehead atoms. The second kappa shape index (κ2) is 7.07. The van der Waals surface area contributed by atoms with E-state index in [9.17, 15) is 4.39 Å². The highest BCUT2D eigenvalue weighted by molar-refractivity contribution is 14.0. The predicted molar refractivity (Wildman–Crippen MR) is 87.3 cm³/mol. The summed E-state index contributed by atoms with van der Waals surface area (Å²) in [4.78, 5) is 6.27. The van der Waals surface area contributed by atoms with Crippen LogP contribution >= 0.6 is 24.0 Å². The standard InChI is InChI=1S/C14H20FN3.HI/c1-10-7-13(10)17-14(16-2)18(3)9-11-5-4-6-12(15)8-11;/h4-6,8,10,13H,7,9H2,1-3H3,(H,16,17);1H. The van der Waals surface area contributed by atoms with Gasteiger partial charge in [0.15, 0.2) is 5.96 Å². The lowest BCUT2D eigenvalue weighted by Crippen LogP contribution is -2.40. The van der Waals surface area contributed by atoms with E-state index in [1.165, 1.54) is 12.5 Å². The zero-order valence-electron chi connectivity index (χ0n) is 11.6. The molecule has 1 aliphatic rings. The van der Waals surface area contributed by atoms with E-state index in [0.717, 1.165) is 17.4 Å². The summed E-state index contributed by atoms with van der Waals surface area (Å²) in [6.07, 6.45) is 1.20. The maximum absolute atomic E-state index is 13.1. The van der Waals surface area contributed by atoms with Gasteiger partial charge < -0.3 is 10.2 Å². The van der Waals surface area contributed by atoms with Gasteiger partial charge in [0.2, 0.25) is 0 Å². The third-order valence-electron chi connectivity index (χ3n) is 3.31. The topological polar surface area (TPSA) is 27.6 Å². The van der Waals surface area contributed by atoms with Gasteiger partial charge in [-0.15, -0.1) is 24.0 Å². The molecule has 0 saturated heterocycles. The number of aliphatic imine (C=N–C) groups is 1. The Balaban J connectivity index is 0.00000180. The molecule has 2 unspecified atom stereocenters. The summed E-state index contributed by atoms with van der Waals surface area (Å²) < 4.78 is 13.1. The minimum Gasteiger partial charge on any atom is -0.353 e. The number of hydrogen-bond acceptors (Lipinski definition) is 1. The van der Waals surface area contributed by atoms with Gasteiger partial charge in [-0.3, -0.25) is 4.99 Å². The lowest BCUT2D eigenvalue weighted by atomic mass is 10.2. The Kier molecular flexibility index (Phi) is 6.03. The fraction of sp³-hybridized carbons (Fsp3) is 0.500. The van der Waals surface area contributed by atoms with Crippen LogP contribution in [0.5, 0.6) is 0 Å². The van der Waals surface area contributed by atoms with Gasteiger partial charge in [0.1, 0.15) is 5.82 Å². The quantitative estimate of drug-likeness (QED) is 0.499. The van der Waals surface area contributed by atoms with Crippen molar-refractivity contribution in [3.8, 4) is 0 Å². The molecule has 1 fully saturated rings. The van der Waals surface area contributed by atoms with Crippen molar-refractivity contribution in [2.75, 3.05) is 14.1 Å². The summed E-state index contributed by atoms with van der Waals surface area (Å²) in [5.41, 5.74) is 0.948. The average molecular weight is 377 g/mol. The van der Waals surface area contributed by atoms with E-state index in [1.54, 1.807) is 19.2 Å². The first kappa shape index (κ1) is 16.2. The van der Waals surface area contributed by atoms with Crippen molar-refractivity contribution in [3.63, 3.8) is 0 Å². The number of nitrogens with one attached hydrogen (secondary N) is 1. The molecule has 0 spiro atoms. The van der Waals surface area contributed by atoms with Gasteiger partial charge in [-0.1, -0.05) is 19.1 Å². The molecule has 2 atom stereocenters. The molecule has 2 rings (SSSR count). The maximum Gasteiger partial charge on any atom is 0.193 e. The summed E-state index contributed by atoms with van der Waals surface area (Å²) in [5, 5.41) is 3.41. The fourth-order valence-electron chi connectivity index (χ4n) is 2.02. The Morgan fingerprint density at radius 1 is 1.53 bits per heavy atom. The molecular formula is C14H21FIN3. The van der Waals surface area contributed by atoms with E-state index in [-0.39, 0.29) is 29.8 Å². The Labute approximate surface area is 131 Å². The van der Waals surface area contributed by atoms with E-state index in [0.29, 0.717) is 12.6 Å². The van der Waals surface area contributed by atoms with Gasteiger partial charge in [0.05, 0.1) is 0 Å². The number of nitrogens with zero attached hydrogens (tertiary/aromatic N) is 2. The first-order valence-corrected chi connectivity index (χ1v) is 6.29. The lowest BCUT2D eigenvalue weighted by molar-refractivity contribution is 0.472. The molecule has 1 saturated carbocycles. The Morgan fingerprint density at radius 2 is 2.21 bits per heavy atom. The van der Waals surface area contributed by atoms with Crippen LogP contribution in [0.25, 0.3) is 0 Å². The Morgan fingerprint density at radius 3 is 2.74 bits per heavy atom.